The minimum atomic E-state index is -0.0922. The molecule has 0 aliphatic heterocycles. The molecular formula is C17H19NO3. The summed E-state index contributed by atoms with van der Waals surface area (Å²) in [6.45, 7) is 1.93. The zero-order valence-corrected chi connectivity index (χ0v) is 12.5. The number of benzene rings is 2. The monoisotopic (exact) mass is 285 g/mol. The first kappa shape index (κ1) is 14.9. The second kappa shape index (κ2) is 6.79. The molecule has 0 heterocycles. The van der Waals surface area contributed by atoms with E-state index in [0.29, 0.717) is 23.6 Å². The summed E-state index contributed by atoms with van der Waals surface area (Å²) in [5.74, 6) is 1.24. The zero-order chi connectivity index (χ0) is 15.2. The van der Waals surface area contributed by atoms with E-state index in [1.54, 1.807) is 20.3 Å². The number of nitrogens with one attached hydrogen (secondary N) is 1. The maximum atomic E-state index is 12.1. The van der Waals surface area contributed by atoms with Gasteiger partial charge in [-0.05, 0) is 24.1 Å². The van der Waals surface area contributed by atoms with E-state index in [1.165, 1.54) is 0 Å². The lowest BCUT2D eigenvalue weighted by Crippen LogP contribution is -2.15. The second-order valence-corrected chi connectivity index (χ2v) is 4.73. The molecule has 2 aromatic rings. The summed E-state index contributed by atoms with van der Waals surface area (Å²) in [7, 11) is 3.18. The van der Waals surface area contributed by atoms with Crippen molar-refractivity contribution in [3.05, 3.63) is 53.6 Å². The van der Waals surface area contributed by atoms with Crippen molar-refractivity contribution in [2.24, 2.45) is 0 Å². The predicted octanol–water partition coefficient (Wildman–Crippen LogP) is 3.19. The van der Waals surface area contributed by atoms with Gasteiger partial charge in [0, 0.05) is 6.07 Å². The lowest BCUT2D eigenvalue weighted by Gasteiger charge is -2.14. The Morgan fingerprint density at radius 1 is 1.05 bits per heavy atom. The molecule has 0 bridgehead atoms. The van der Waals surface area contributed by atoms with E-state index in [1.807, 2.05) is 43.3 Å². The predicted molar refractivity (Wildman–Crippen MR) is 83.1 cm³/mol. The van der Waals surface area contributed by atoms with Gasteiger partial charge in [-0.25, -0.2) is 0 Å². The molecule has 0 radical (unpaired) electrons. The van der Waals surface area contributed by atoms with E-state index < -0.39 is 0 Å². The molecule has 0 atom stereocenters. The fraction of sp³-hybridized carbons (Fsp3) is 0.235. The third-order valence-corrected chi connectivity index (χ3v) is 3.20. The van der Waals surface area contributed by atoms with Crippen LogP contribution in [0.1, 0.15) is 11.1 Å². The van der Waals surface area contributed by atoms with Gasteiger partial charge in [0.25, 0.3) is 0 Å². The lowest BCUT2D eigenvalue weighted by atomic mass is 10.1. The molecule has 0 spiro atoms. The quantitative estimate of drug-likeness (QED) is 0.917. The Labute approximate surface area is 124 Å². The van der Waals surface area contributed by atoms with Crippen LogP contribution in [0.5, 0.6) is 11.5 Å². The van der Waals surface area contributed by atoms with E-state index in [2.05, 4.69) is 5.32 Å². The van der Waals surface area contributed by atoms with Gasteiger partial charge in [-0.2, -0.15) is 0 Å². The Morgan fingerprint density at radius 2 is 1.71 bits per heavy atom. The van der Waals surface area contributed by atoms with Crippen LogP contribution in [0.25, 0.3) is 0 Å². The topological polar surface area (TPSA) is 47.6 Å². The fourth-order valence-electron chi connectivity index (χ4n) is 2.12. The van der Waals surface area contributed by atoms with Crippen molar-refractivity contribution >= 4 is 11.6 Å². The van der Waals surface area contributed by atoms with E-state index >= 15 is 0 Å². The van der Waals surface area contributed by atoms with Crippen molar-refractivity contribution in [2.75, 3.05) is 19.5 Å². The maximum Gasteiger partial charge on any atom is 0.228 e. The summed E-state index contributed by atoms with van der Waals surface area (Å²) in [6.07, 6.45) is 0.320. The maximum absolute atomic E-state index is 12.1. The molecule has 0 saturated heterocycles. The van der Waals surface area contributed by atoms with Crippen molar-refractivity contribution < 1.29 is 14.3 Å². The number of amides is 1. The molecule has 0 saturated carbocycles. The zero-order valence-electron chi connectivity index (χ0n) is 12.5. The van der Waals surface area contributed by atoms with Crippen LogP contribution < -0.4 is 14.8 Å². The number of aryl methyl sites for hydroxylation is 1. The van der Waals surface area contributed by atoms with Gasteiger partial charge in [0.15, 0.2) is 0 Å². The Kier molecular flexibility index (Phi) is 4.82. The molecule has 0 unspecified atom stereocenters. The number of carbonyl (C=O) groups is 1. The molecule has 1 N–H and O–H groups in total. The summed E-state index contributed by atoms with van der Waals surface area (Å²) < 4.78 is 10.6. The number of rotatable bonds is 5. The highest BCUT2D eigenvalue weighted by atomic mass is 16.5. The number of hydrogen-bond donors (Lipinski definition) is 1. The Balaban J connectivity index is 2.16. The second-order valence-electron chi connectivity index (χ2n) is 4.73. The lowest BCUT2D eigenvalue weighted by molar-refractivity contribution is -0.115. The van der Waals surface area contributed by atoms with Crippen LogP contribution in [0.4, 0.5) is 5.69 Å². The third kappa shape index (κ3) is 3.75. The summed E-state index contributed by atoms with van der Waals surface area (Å²) in [6, 6.07) is 13.2. The molecule has 0 aromatic heterocycles. The van der Waals surface area contributed by atoms with Crippen LogP contribution in [0.2, 0.25) is 0 Å². The summed E-state index contributed by atoms with van der Waals surface area (Å²) in [5, 5.41) is 2.87. The Bertz CT molecular complexity index is 623. The van der Waals surface area contributed by atoms with Gasteiger partial charge in [-0.3, -0.25) is 4.79 Å². The van der Waals surface area contributed by atoms with Gasteiger partial charge in [0.1, 0.15) is 11.5 Å². The van der Waals surface area contributed by atoms with Crippen molar-refractivity contribution in [1.82, 2.24) is 0 Å². The van der Waals surface area contributed by atoms with Gasteiger partial charge < -0.3 is 14.8 Å². The highest BCUT2D eigenvalue weighted by molar-refractivity contribution is 5.94. The van der Waals surface area contributed by atoms with Gasteiger partial charge in [-0.15, -0.1) is 0 Å². The first-order chi connectivity index (χ1) is 10.1. The summed E-state index contributed by atoms with van der Waals surface area (Å²) >= 11 is 0. The van der Waals surface area contributed by atoms with Crippen molar-refractivity contribution in [1.29, 1.82) is 0 Å². The highest BCUT2D eigenvalue weighted by Gasteiger charge is 2.11. The molecule has 110 valence electrons. The van der Waals surface area contributed by atoms with Crippen LogP contribution in [-0.2, 0) is 11.2 Å². The third-order valence-electron chi connectivity index (χ3n) is 3.20. The number of carbonyl (C=O) groups excluding carboxylic acids is 1. The number of hydrogen-bond acceptors (Lipinski definition) is 3. The normalized spacial score (nSPS) is 10.0. The summed E-state index contributed by atoms with van der Waals surface area (Å²) in [5.41, 5.74) is 2.53. The standard InChI is InChI=1S/C17H19NO3/c1-12-9-16(21-3)14(11-15(12)20-2)18-17(19)10-13-7-5-4-6-8-13/h4-9,11H,10H2,1-3H3,(H,18,19). The van der Waals surface area contributed by atoms with E-state index in [4.69, 9.17) is 9.47 Å². The largest absolute Gasteiger partial charge is 0.496 e. The van der Waals surface area contributed by atoms with Gasteiger partial charge in [0.2, 0.25) is 5.91 Å². The molecule has 1 amide bonds. The van der Waals surface area contributed by atoms with Crippen molar-refractivity contribution in [3.63, 3.8) is 0 Å². The minimum absolute atomic E-state index is 0.0922. The highest BCUT2D eigenvalue weighted by Crippen LogP contribution is 2.32. The molecule has 0 aliphatic rings. The Hall–Kier alpha value is -2.49. The molecule has 0 aliphatic carbocycles. The molecular weight excluding hydrogens is 266 g/mol. The molecule has 4 heteroatoms. The van der Waals surface area contributed by atoms with E-state index in [-0.39, 0.29) is 5.91 Å². The van der Waals surface area contributed by atoms with E-state index in [0.717, 1.165) is 11.1 Å². The number of anilines is 1. The molecule has 2 rings (SSSR count). The van der Waals surface area contributed by atoms with Crippen molar-refractivity contribution in [3.8, 4) is 11.5 Å². The van der Waals surface area contributed by atoms with E-state index in [9.17, 15) is 4.79 Å². The smallest absolute Gasteiger partial charge is 0.228 e. The average Bonchev–Trinajstić information content (AvgIpc) is 2.49. The van der Waals surface area contributed by atoms with Crippen LogP contribution in [0, 0.1) is 6.92 Å². The number of ether oxygens (including phenoxy) is 2. The number of methoxy groups -OCH3 is 2. The van der Waals surface area contributed by atoms with Gasteiger partial charge >= 0.3 is 0 Å². The van der Waals surface area contributed by atoms with Crippen LogP contribution in [0.3, 0.4) is 0 Å². The molecule has 0 fully saturated rings. The summed E-state index contributed by atoms with van der Waals surface area (Å²) in [4.78, 5) is 12.1. The average molecular weight is 285 g/mol. The first-order valence-corrected chi connectivity index (χ1v) is 6.70. The van der Waals surface area contributed by atoms with Crippen molar-refractivity contribution in [2.45, 2.75) is 13.3 Å². The van der Waals surface area contributed by atoms with Crippen LogP contribution in [-0.4, -0.2) is 20.1 Å². The SMILES string of the molecule is COc1cc(NC(=O)Cc2ccccc2)c(OC)cc1C. The first-order valence-electron chi connectivity index (χ1n) is 6.70. The fourth-order valence-corrected chi connectivity index (χ4v) is 2.12. The minimum Gasteiger partial charge on any atom is -0.496 e. The molecule has 2 aromatic carbocycles. The van der Waals surface area contributed by atoms with Crippen LogP contribution >= 0.6 is 0 Å². The molecule has 21 heavy (non-hydrogen) atoms. The van der Waals surface area contributed by atoms with Gasteiger partial charge in [-0.1, -0.05) is 30.3 Å². The van der Waals surface area contributed by atoms with Gasteiger partial charge in [0.05, 0.1) is 26.3 Å². The Morgan fingerprint density at radius 3 is 2.33 bits per heavy atom. The molecule has 4 nitrogen and oxygen atoms in total. The van der Waals surface area contributed by atoms with Crippen LogP contribution in [0.15, 0.2) is 42.5 Å².